The monoisotopic (exact) mass is 480 g/mol. The van der Waals surface area contributed by atoms with Crippen LogP contribution in [0.2, 0.25) is 0 Å². The molecule has 8 heteroatoms. The van der Waals surface area contributed by atoms with E-state index >= 15 is 0 Å². The summed E-state index contributed by atoms with van der Waals surface area (Å²) < 4.78 is 10.9. The third-order valence-electron chi connectivity index (χ3n) is 7.18. The van der Waals surface area contributed by atoms with Crippen LogP contribution in [0, 0.1) is 11.8 Å². The third kappa shape index (κ3) is 5.48. The van der Waals surface area contributed by atoms with Gasteiger partial charge in [-0.05, 0) is 34.6 Å². The Morgan fingerprint density at radius 2 is 1.71 bits per heavy atom. The SMILES string of the molecule is COC(CNC(=O)OCC1c2ccccc2-c2ccccc21)CC(=O)N1CCC(C)C(C(=O)O)C1. The number of fused-ring (bicyclic) bond motifs is 3. The number of nitrogens with one attached hydrogen (secondary N) is 1. The van der Waals surface area contributed by atoms with Crippen molar-refractivity contribution in [1.29, 1.82) is 0 Å². The van der Waals surface area contributed by atoms with Gasteiger partial charge in [-0.3, -0.25) is 9.59 Å². The highest BCUT2D eigenvalue weighted by molar-refractivity contribution is 5.80. The van der Waals surface area contributed by atoms with Gasteiger partial charge in [-0.2, -0.15) is 0 Å². The predicted octanol–water partition coefficient (Wildman–Crippen LogP) is 3.50. The van der Waals surface area contributed by atoms with E-state index in [0.29, 0.717) is 13.0 Å². The number of ether oxygens (including phenoxy) is 2. The van der Waals surface area contributed by atoms with Gasteiger partial charge in [0.2, 0.25) is 5.91 Å². The van der Waals surface area contributed by atoms with Crippen LogP contribution in [0.4, 0.5) is 4.79 Å². The first-order valence-corrected chi connectivity index (χ1v) is 12.0. The Morgan fingerprint density at radius 3 is 2.31 bits per heavy atom. The quantitative estimate of drug-likeness (QED) is 0.599. The molecule has 2 aromatic carbocycles. The largest absolute Gasteiger partial charge is 0.481 e. The number of carbonyl (C=O) groups excluding carboxylic acids is 2. The molecule has 0 aromatic heterocycles. The van der Waals surface area contributed by atoms with Crippen molar-refractivity contribution in [3.05, 3.63) is 59.7 Å². The lowest BCUT2D eigenvalue weighted by Crippen LogP contribution is -2.47. The fraction of sp³-hybridized carbons (Fsp3) is 0.444. The van der Waals surface area contributed by atoms with Crippen LogP contribution in [0.1, 0.15) is 36.8 Å². The number of carboxylic acids is 1. The van der Waals surface area contributed by atoms with Crippen LogP contribution in [-0.4, -0.2) is 67.4 Å². The van der Waals surface area contributed by atoms with Crippen LogP contribution < -0.4 is 5.32 Å². The van der Waals surface area contributed by atoms with Crippen LogP contribution in [0.5, 0.6) is 0 Å². The number of carbonyl (C=O) groups is 3. The molecule has 2 aliphatic rings. The lowest BCUT2D eigenvalue weighted by atomic mass is 9.87. The normalized spacial score (nSPS) is 20.0. The molecule has 0 saturated carbocycles. The molecule has 0 bridgehead atoms. The van der Waals surface area contributed by atoms with Gasteiger partial charge in [0.05, 0.1) is 18.4 Å². The minimum Gasteiger partial charge on any atom is -0.481 e. The predicted molar refractivity (Wildman–Crippen MR) is 130 cm³/mol. The van der Waals surface area contributed by atoms with E-state index in [4.69, 9.17) is 9.47 Å². The summed E-state index contributed by atoms with van der Waals surface area (Å²) in [4.78, 5) is 38.2. The summed E-state index contributed by atoms with van der Waals surface area (Å²) in [5, 5.41) is 12.1. The average Bonchev–Trinajstić information content (AvgIpc) is 3.19. The smallest absolute Gasteiger partial charge is 0.407 e. The number of benzene rings is 2. The zero-order chi connectivity index (χ0) is 24.9. The highest BCUT2D eigenvalue weighted by Crippen LogP contribution is 2.44. The highest BCUT2D eigenvalue weighted by Gasteiger charge is 2.34. The molecule has 2 amide bonds. The Labute approximate surface area is 205 Å². The molecule has 3 atom stereocenters. The Hall–Kier alpha value is -3.39. The van der Waals surface area contributed by atoms with Gasteiger partial charge in [0.1, 0.15) is 6.61 Å². The van der Waals surface area contributed by atoms with E-state index in [0.717, 1.165) is 22.3 Å². The van der Waals surface area contributed by atoms with Crippen molar-refractivity contribution < 1.29 is 29.0 Å². The number of likely N-dealkylation sites (tertiary alicyclic amines) is 1. The fourth-order valence-electron chi connectivity index (χ4n) is 5.03. The molecule has 35 heavy (non-hydrogen) atoms. The molecule has 1 heterocycles. The second-order valence-electron chi connectivity index (χ2n) is 9.32. The summed E-state index contributed by atoms with van der Waals surface area (Å²) >= 11 is 0. The van der Waals surface area contributed by atoms with Crippen molar-refractivity contribution in [3.8, 4) is 11.1 Å². The number of methoxy groups -OCH3 is 1. The molecule has 2 N–H and O–H groups in total. The van der Waals surface area contributed by atoms with Gasteiger partial charge in [0, 0.05) is 32.7 Å². The van der Waals surface area contributed by atoms with Crippen LogP contribution in [0.3, 0.4) is 0 Å². The van der Waals surface area contributed by atoms with Crippen LogP contribution in [0.15, 0.2) is 48.5 Å². The second-order valence-corrected chi connectivity index (χ2v) is 9.32. The molecular formula is C27H32N2O6. The number of aliphatic carboxylic acids is 1. The van der Waals surface area contributed by atoms with E-state index in [9.17, 15) is 19.5 Å². The average molecular weight is 481 g/mol. The third-order valence-corrected chi connectivity index (χ3v) is 7.18. The molecule has 186 valence electrons. The number of hydrogen-bond donors (Lipinski definition) is 2. The minimum absolute atomic E-state index is 0.0309. The van der Waals surface area contributed by atoms with Crippen molar-refractivity contribution >= 4 is 18.0 Å². The van der Waals surface area contributed by atoms with Gasteiger partial charge in [0.25, 0.3) is 0 Å². The maximum absolute atomic E-state index is 12.7. The molecule has 4 rings (SSSR count). The van der Waals surface area contributed by atoms with E-state index in [-0.39, 0.29) is 43.9 Å². The van der Waals surface area contributed by atoms with E-state index < -0.39 is 24.1 Å². The molecule has 8 nitrogen and oxygen atoms in total. The van der Waals surface area contributed by atoms with Gasteiger partial charge in [-0.1, -0.05) is 55.5 Å². The second kappa shape index (κ2) is 10.9. The lowest BCUT2D eigenvalue weighted by molar-refractivity contribution is -0.148. The van der Waals surface area contributed by atoms with Gasteiger partial charge in [-0.15, -0.1) is 0 Å². The Bertz CT molecular complexity index is 1040. The fourth-order valence-corrected chi connectivity index (χ4v) is 5.03. The molecule has 0 radical (unpaired) electrons. The minimum atomic E-state index is -0.879. The Morgan fingerprint density at radius 1 is 1.09 bits per heavy atom. The zero-order valence-corrected chi connectivity index (χ0v) is 20.1. The topological polar surface area (TPSA) is 105 Å². The maximum Gasteiger partial charge on any atom is 0.407 e. The summed E-state index contributed by atoms with van der Waals surface area (Å²) in [6, 6.07) is 16.3. The van der Waals surface area contributed by atoms with Crippen LogP contribution >= 0.6 is 0 Å². The number of piperidine rings is 1. The molecule has 1 aliphatic heterocycles. The summed E-state index contributed by atoms with van der Waals surface area (Å²) in [5.74, 6) is -1.62. The number of carboxylic acid groups (broad SMARTS) is 1. The number of rotatable bonds is 8. The molecule has 1 aliphatic carbocycles. The van der Waals surface area contributed by atoms with Crippen molar-refractivity contribution in [2.75, 3.05) is 33.4 Å². The van der Waals surface area contributed by atoms with E-state index in [1.54, 1.807) is 4.90 Å². The zero-order valence-electron chi connectivity index (χ0n) is 20.1. The van der Waals surface area contributed by atoms with Crippen molar-refractivity contribution in [1.82, 2.24) is 10.2 Å². The number of hydrogen-bond acceptors (Lipinski definition) is 5. The summed E-state index contributed by atoms with van der Waals surface area (Å²) in [7, 11) is 1.48. The van der Waals surface area contributed by atoms with Gasteiger partial charge < -0.3 is 24.8 Å². The van der Waals surface area contributed by atoms with E-state index in [2.05, 4.69) is 29.6 Å². The van der Waals surface area contributed by atoms with Gasteiger partial charge in [0.15, 0.2) is 0 Å². The summed E-state index contributed by atoms with van der Waals surface area (Å²) in [5.41, 5.74) is 4.59. The van der Waals surface area contributed by atoms with Crippen LogP contribution in [-0.2, 0) is 19.1 Å². The highest BCUT2D eigenvalue weighted by atomic mass is 16.5. The molecule has 1 fully saturated rings. The molecule has 2 aromatic rings. The van der Waals surface area contributed by atoms with Crippen LogP contribution in [0.25, 0.3) is 11.1 Å². The van der Waals surface area contributed by atoms with Crippen molar-refractivity contribution in [3.63, 3.8) is 0 Å². The van der Waals surface area contributed by atoms with Crippen molar-refractivity contribution in [2.45, 2.75) is 31.8 Å². The number of amides is 2. The van der Waals surface area contributed by atoms with E-state index in [1.165, 1.54) is 7.11 Å². The number of nitrogens with zero attached hydrogens (tertiary/aromatic N) is 1. The molecule has 3 unspecified atom stereocenters. The first kappa shape index (κ1) is 24.7. The summed E-state index contributed by atoms with van der Waals surface area (Å²) in [6.45, 7) is 2.95. The number of alkyl carbamates (subject to hydrolysis) is 1. The first-order chi connectivity index (χ1) is 16.9. The Balaban J connectivity index is 1.27. The molecule has 1 saturated heterocycles. The van der Waals surface area contributed by atoms with E-state index in [1.807, 2.05) is 31.2 Å². The summed E-state index contributed by atoms with van der Waals surface area (Å²) in [6.07, 6.45) is -0.399. The maximum atomic E-state index is 12.7. The Kier molecular flexibility index (Phi) is 7.70. The van der Waals surface area contributed by atoms with Crippen molar-refractivity contribution in [2.24, 2.45) is 11.8 Å². The molecular weight excluding hydrogens is 448 g/mol. The lowest BCUT2D eigenvalue weighted by Gasteiger charge is -2.35. The molecule has 0 spiro atoms. The van der Waals surface area contributed by atoms with Gasteiger partial charge >= 0.3 is 12.1 Å². The van der Waals surface area contributed by atoms with Gasteiger partial charge in [-0.25, -0.2) is 4.79 Å². The standard InChI is InChI=1S/C27H32N2O6/c1-17-11-12-29(15-23(17)26(31)32)25(30)13-18(34-2)14-28-27(33)35-16-24-21-9-5-3-7-19(21)20-8-4-6-10-22(20)24/h3-10,17-18,23-24H,11-16H2,1-2H3,(H,28,33)(H,31,32). The first-order valence-electron chi connectivity index (χ1n) is 12.0.